The first kappa shape index (κ1) is 16.0. The van der Waals surface area contributed by atoms with Gasteiger partial charge in [-0.1, -0.05) is 29.8 Å². The molecule has 0 saturated carbocycles. The van der Waals surface area contributed by atoms with Gasteiger partial charge in [0.2, 0.25) is 0 Å². The predicted octanol–water partition coefficient (Wildman–Crippen LogP) is 3.30. The number of nitrogens with one attached hydrogen (secondary N) is 1. The second-order valence-electron chi connectivity index (χ2n) is 5.41. The van der Waals surface area contributed by atoms with Gasteiger partial charge in [-0.2, -0.15) is 5.10 Å². The van der Waals surface area contributed by atoms with Crippen LogP contribution in [0.1, 0.15) is 25.0 Å². The first-order chi connectivity index (χ1) is 10.0. The van der Waals surface area contributed by atoms with Crippen LogP contribution in [0.3, 0.4) is 0 Å². The molecule has 1 heterocycles. The smallest absolute Gasteiger partial charge is 0.119 e. The average molecular weight is 352 g/mol. The van der Waals surface area contributed by atoms with Crippen molar-refractivity contribution in [2.75, 3.05) is 6.61 Å². The summed E-state index contributed by atoms with van der Waals surface area (Å²) in [5.41, 5.74) is 2.40. The molecule has 0 spiro atoms. The lowest BCUT2D eigenvalue weighted by Gasteiger charge is -2.12. The molecule has 0 aliphatic heterocycles. The van der Waals surface area contributed by atoms with E-state index in [1.54, 1.807) is 0 Å². The van der Waals surface area contributed by atoms with Crippen LogP contribution >= 0.6 is 15.9 Å². The molecule has 2 rings (SSSR count). The summed E-state index contributed by atoms with van der Waals surface area (Å²) in [6, 6.07) is 6.58. The lowest BCUT2D eigenvalue weighted by Crippen LogP contribution is -2.22. The highest BCUT2D eigenvalue weighted by Gasteiger charge is 2.04. The Morgan fingerprint density at radius 1 is 1.38 bits per heavy atom. The number of halogens is 1. The first-order valence-corrected chi connectivity index (χ1v) is 7.96. The van der Waals surface area contributed by atoms with Crippen LogP contribution in [0.25, 0.3) is 0 Å². The molecule has 0 fully saturated rings. The molecule has 2 aromatic rings. The molecular formula is C16H22BrN3O. The summed E-state index contributed by atoms with van der Waals surface area (Å²) in [5, 5.41) is 7.57. The fraction of sp³-hybridized carbons (Fsp3) is 0.438. The topological polar surface area (TPSA) is 39.1 Å². The van der Waals surface area contributed by atoms with Crippen molar-refractivity contribution >= 4 is 15.9 Å². The van der Waals surface area contributed by atoms with Gasteiger partial charge in [0.25, 0.3) is 0 Å². The number of aryl methyl sites for hydroxylation is 1. The predicted molar refractivity (Wildman–Crippen MR) is 88.5 cm³/mol. The molecule has 0 radical (unpaired) electrons. The number of ether oxygens (including phenoxy) is 1. The molecule has 0 saturated heterocycles. The number of nitrogens with zero attached hydrogens (tertiary/aromatic N) is 2. The minimum absolute atomic E-state index is 0.465. The Labute approximate surface area is 134 Å². The van der Waals surface area contributed by atoms with E-state index in [9.17, 15) is 0 Å². The normalized spacial score (nSPS) is 11.1. The van der Waals surface area contributed by atoms with Gasteiger partial charge in [-0.3, -0.25) is 4.68 Å². The van der Waals surface area contributed by atoms with Gasteiger partial charge < -0.3 is 10.1 Å². The van der Waals surface area contributed by atoms with Crippen molar-refractivity contribution in [1.29, 1.82) is 0 Å². The van der Waals surface area contributed by atoms with Crippen LogP contribution in [0.4, 0.5) is 0 Å². The van der Waals surface area contributed by atoms with E-state index < -0.39 is 0 Å². The Bertz CT molecular complexity index is 581. The molecule has 21 heavy (non-hydrogen) atoms. The van der Waals surface area contributed by atoms with Crippen molar-refractivity contribution in [3.63, 3.8) is 0 Å². The van der Waals surface area contributed by atoms with Crippen molar-refractivity contribution < 1.29 is 4.74 Å². The maximum Gasteiger partial charge on any atom is 0.119 e. The molecule has 0 aliphatic rings. The molecule has 0 unspecified atom stereocenters. The second kappa shape index (κ2) is 7.61. The Balaban J connectivity index is 1.89. The molecule has 4 nitrogen and oxygen atoms in total. The van der Waals surface area contributed by atoms with E-state index in [-0.39, 0.29) is 0 Å². The van der Waals surface area contributed by atoms with Crippen LogP contribution in [0, 0.1) is 0 Å². The Kier molecular flexibility index (Phi) is 5.82. The van der Waals surface area contributed by atoms with E-state index in [4.69, 9.17) is 4.74 Å². The quantitative estimate of drug-likeness (QED) is 0.831. The van der Waals surface area contributed by atoms with Gasteiger partial charge >= 0.3 is 0 Å². The van der Waals surface area contributed by atoms with E-state index in [0.29, 0.717) is 12.6 Å². The number of rotatable bonds is 7. The molecular weight excluding hydrogens is 330 g/mol. The third-order valence-electron chi connectivity index (χ3n) is 3.14. The molecule has 114 valence electrons. The van der Waals surface area contributed by atoms with E-state index >= 15 is 0 Å². The third kappa shape index (κ3) is 5.17. The molecule has 5 heteroatoms. The van der Waals surface area contributed by atoms with Gasteiger partial charge in [0.15, 0.2) is 0 Å². The van der Waals surface area contributed by atoms with Gasteiger partial charge in [-0.15, -0.1) is 0 Å². The average Bonchev–Trinajstić information content (AvgIpc) is 2.84. The number of aromatic nitrogens is 2. The van der Waals surface area contributed by atoms with E-state index in [1.165, 1.54) is 11.1 Å². The van der Waals surface area contributed by atoms with E-state index in [0.717, 1.165) is 23.2 Å². The highest BCUT2D eigenvalue weighted by atomic mass is 79.9. The number of hydrogen-bond donors (Lipinski definition) is 1. The minimum Gasteiger partial charge on any atom is -0.493 e. The second-order valence-corrected chi connectivity index (χ2v) is 6.26. The summed E-state index contributed by atoms with van der Waals surface area (Å²) in [5.74, 6) is 0.905. The summed E-state index contributed by atoms with van der Waals surface area (Å²) in [4.78, 5) is 0. The zero-order chi connectivity index (χ0) is 15.2. The lowest BCUT2D eigenvalue weighted by atomic mass is 10.2. The summed E-state index contributed by atoms with van der Waals surface area (Å²) in [6.45, 7) is 5.77. The molecule has 1 aromatic heterocycles. The minimum atomic E-state index is 0.465. The van der Waals surface area contributed by atoms with Crippen molar-refractivity contribution in [2.45, 2.75) is 32.9 Å². The van der Waals surface area contributed by atoms with E-state index in [2.05, 4.69) is 46.3 Å². The Morgan fingerprint density at radius 2 is 2.19 bits per heavy atom. The highest BCUT2D eigenvalue weighted by molar-refractivity contribution is 9.10. The van der Waals surface area contributed by atoms with Crippen molar-refractivity contribution in [2.24, 2.45) is 7.05 Å². The standard InChI is InChI=1S/C16H22BrN3O/c1-12(2)18-10-14-8-15(4-5-16(14)17)21-7-6-13-9-19-20(3)11-13/h4-5,8-9,11-12,18H,6-7,10H2,1-3H3. The van der Waals surface area contributed by atoms with Crippen molar-refractivity contribution in [3.8, 4) is 5.75 Å². The number of hydrogen-bond acceptors (Lipinski definition) is 3. The maximum absolute atomic E-state index is 5.84. The fourth-order valence-electron chi connectivity index (χ4n) is 1.98. The molecule has 0 aliphatic carbocycles. The van der Waals surface area contributed by atoms with Crippen LogP contribution in [-0.2, 0) is 20.0 Å². The molecule has 1 aromatic carbocycles. The summed E-state index contributed by atoms with van der Waals surface area (Å²) in [7, 11) is 1.92. The SMILES string of the molecule is CC(C)NCc1cc(OCCc2cnn(C)c2)ccc1Br. The summed E-state index contributed by atoms with van der Waals surface area (Å²) in [6.07, 6.45) is 4.76. The highest BCUT2D eigenvalue weighted by Crippen LogP contribution is 2.23. The molecule has 0 bridgehead atoms. The van der Waals surface area contributed by atoms with Gasteiger partial charge in [0.05, 0.1) is 12.8 Å². The van der Waals surface area contributed by atoms with Crippen LogP contribution < -0.4 is 10.1 Å². The monoisotopic (exact) mass is 351 g/mol. The summed E-state index contributed by atoms with van der Waals surface area (Å²) >= 11 is 3.58. The van der Waals surface area contributed by atoms with Gasteiger partial charge in [0, 0.05) is 36.7 Å². The van der Waals surface area contributed by atoms with Crippen LogP contribution in [-0.4, -0.2) is 22.4 Å². The van der Waals surface area contributed by atoms with Crippen molar-refractivity contribution in [3.05, 3.63) is 46.2 Å². The zero-order valence-electron chi connectivity index (χ0n) is 12.8. The largest absolute Gasteiger partial charge is 0.493 e. The van der Waals surface area contributed by atoms with Gasteiger partial charge in [-0.05, 0) is 29.3 Å². The fourth-order valence-corrected chi connectivity index (χ4v) is 2.36. The molecule has 0 amide bonds. The van der Waals surface area contributed by atoms with Crippen LogP contribution in [0.15, 0.2) is 35.1 Å². The lowest BCUT2D eigenvalue weighted by molar-refractivity contribution is 0.321. The zero-order valence-corrected chi connectivity index (χ0v) is 14.4. The summed E-state index contributed by atoms with van der Waals surface area (Å²) < 4.78 is 8.75. The molecule has 0 atom stereocenters. The maximum atomic E-state index is 5.84. The van der Waals surface area contributed by atoms with Crippen LogP contribution in [0.2, 0.25) is 0 Å². The Hall–Kier alpha value is -1.33. The molecule has 1 N–H and O–H groups in total. The first-order valence-electron chi connectivity index (χ1n) is 7.16. The van der Waals surface area contributed by atoms with E-state index in [1.807, 2.05) is 36.3 Å². The van der Waals surface area contributed by atoms with Gasteiger partial charge in [-0.25, -0.2) is 0 Å². The third-order valence-corrected chi connectivity index (χ3v) is 3.91. The van der Waals surface area contributed by atoms with Crippen LogP contribution in [0.5, 0.6) is 5.75 Å². The van der Waals surface area contributed by atoms with Crippen molar-refractivity contribution in [1.82, 2.24) is 15.1 Å². The Morgan fingerprint density at radius 3 is 2.86 bits per heavy atom. The van der Waals surface area contributed by atoms with Gasteiger partial charge in [0.1, 0.15) is 5.75 Å². The number of benzene rings is 1.